The van der Waals surface area contributed by atoms with Gasteiger partial charge >= 0.3 is 11.9 Å². The van der Waals surface area contributed by atoms with E-state index in [2.05, 4.69) is 0 Å². The molecule has 12 heteroatoms. The first kappa shape index (κ1) is 39.3. The molecule has 0 saturated carbocycles. The zero-order chi connectivity index (χ0) is 38.5. The molecule has 0 radical (unpaired) electrons. The first-order valence-electron chi connectivity index (χ1n) is 16.9. The third kappa shape index (κ3) is 10.1. The number of aromatic hydroxyl groups is 2. The Labute approximate surface area is 313 Å². The Morgan fingerprint density at radius 3 is 1.07 bits per heavy atom. The number of hydrogen-bond donors (Lipinski definition) is 2. The number of phenolic OH excluding ortho intramolecular Hbond substituents is 2. The van der Waals surface area contributed by atoms with E-state index in [4.69, 9.17) is 37.9 Å². The maximum Gasteiger partial charge on any atom is 0.342 e. The van der Waals surface area contributed by atoms with Gasteiger partial charge in [-0.05, 0) is 47.5 Å². The molecule has 0 spiro atoms. The highest BCUT2D eigenvalue weighted by molar-refractivity contribution is 5.99. The van der Waals surface area contributed by atoms with Gasteiger partial charge in [0.2, 0.25) is 0 Å². The Balaban J connectivity index is 1.65. The standard InChI is InChI=1S/C42H42O12/c1-47-23-29-15-33(16-30(24-48-2)39(29)43)53-37-19-36(42(46)52-22-28-13-9-6-10-14-28)38(20-35(37)41(45)51-21-27-11-7-5-8-12-27)54-34-17-31(25-49-3)40(44)32(18-34)26-50-4/h5-20,43-44H,21-26H2,1-4H3. The molecular weight excluding hydrogens is 696 g/mol. The van der Waals surface area contributed by atoms with Crippen LogP contribution >= 0.6 is 0 Å². The van der Waals surface area contributed by atoms with E-state index in [1.54, 1.807) is 24.3 Å². The number of phenols is 2. The van der Waals surface area contributed by atoms with Gasteiger partial charge in [0.05, 0.1) is 26.4 Å². The number of rotatable bonds is 18. The Morgan fingerprint density at radius 1 is 0.463 bits per heavy atom. The molecular formula is C42H42O12. The summed E-state index contributed by atoms with van der Waals surface area (Å²) in [4.78, 5) is 27.8. The van der Waals surface area contributed by atoms with Crippen LogP contribution in [-0.4, -0.2) is 50.6 Å². The molecule has 0 amide bonds. The monoisotopic (exact) mass is 738 g/mol. The predicted octanol–water partition coefficient (Wildman–Crippen LogP) is 7.98. The topological polar surface area (TPSA) is 148 Å². The summed E-state index contributed by atoms with van der Waals surface area (Å²) >= 11 is 0. The Morgan fingerprint density at radius 2 is 0.778 bits per heavy atom. The van der Waals surface area contributed by atoms with Crippen LogP contribution in [0.2, 0.25) is 0 Å². The number of hydrogen-bond acceptors (Lipinski definition) is 12. The van der Waals surface area contributed by atoms with Crippen LogP contribution in [0.5, 0.6) is 34.5 Å². The second kappa shape index (κ2) is 19.2. The van der Waals surface area contributed by atoms with Gasteiger partial charge < -0.3 is 48.1 Å². The van der Waals surface area contributed by atoms with E-state index in [9.17, 15) is 19.8 Å². The van der Waals surface area contributed by atoms with E-state index in [0.717, 1.165) is 11.1 Å². The highest BCUT2D eigenvalue weighted by atomic mass is 16.5. The van der Waals surface area contributed by atoms with E-state index in [-0.39, 0.29) is 85.3 Å². The molecule has 0 atom stereocenters. The highest BCUT2D eigenvalue weighted by Gasteiger charge is 2.26. The first-order valence-corrected chi connectivity index (χ1v) is 16.9. The van der Waals surface area contributed by atoms with Crippen molar-refractivity contribution in [2.45, 2.75) is 39.6 Å². The molecule has 2 N–H and O–H groups in total. The summed E-state index contributed by atoms with van der Waals surface area (Å²) in [5, 5.41) is 21.7. The Bertz CT molecular complexity index is 1830. The van der Waals surface area contributed by atoms with Crippen molar-refractivity contribution < 1.29 is 57.7 Å². The lowest BCUT2D eigenvalue weighted by Crippen LogP contribution is -2.12. The van der Waals surface area contributed by atoms with E-state index in [1.165, 1.54) is 40.6 Å². The summed E-state index contributed by atoms with van der Waals surface area (Å²) in [7, 11) is 5.95. The smallest absolute Gasteiger partial charge is 0.342 e. The fraction of sp³-hybridized carbons (Fsp3) is 0.238. The van der Waals surface area contributed by atoms with Crippen molar-refractivity contribution in [1.29, 1.82) is 0 Å². The van der Waals surface area contributed by atoms with Crippen molar-refractivity contribution in [2.24, 2.45) is 0 Å². The number of carbonyl (C=O) groups is 2. The normalized spacial score (nSPS) is 10.9. The van der Waals surface area contributed by atoms with Gasteiger partial charge in [0.15, 0.2) is 0 Å². The third-order valence-corrected chi connectivity index (χ3v) is 8.08. The molecule has 0 aliphatic rings. The van der Waals surface area contributed by atoms with Crippen LogP contribution in [0.25, 0.3) is 0 Å². The highest BCUT2D eigenvalue weighted by Crippen LogP contribution is 2.39. The van der Waals surface area contributed by atoms with Gasteiger partial charge in [0.1, 0.15) is 58.8 Å². The summed E-state index contributed by atoms with van der Waals surface area (Å²) in [5.41, 5.74) is 2.96. The van der Waals surface area contributed by atoms with Crippen molar-refractivity contribution in [3.05, 3.63) is 142 Å². The van der Waals surface area contributed by atoms with Crippen molar-refractivity contribution in [1.82, 2.24) is 0 Å². The number of ether oxygens (including phenoxy) is 8. The predicted molar refractivity (Wildman–Crippen MR) is 197 cm³/mol. The molecule has 0 fully saturated rings. The summed E-state index contributed by atoms with van der Waals surface area (Å²) in [5.74, 6) is -1.30. The molecule has 0 aromatic heterocycles. The number of methoxy groups -OCH3 is 4. The maximum absolute atomic E-state index is 13.9. The lowest BCUT2D eigenvalue weighted by molar-refractivity contribution is 0.0453. The molecule has 5 aromatic rings. The second-order valence-electron chi connectivity index (χ2n) is 12.1. The number of carbonyl (C=O) groups excluding carboxylic acids is 2. The van der Waals surface area contributed by atoms with Crippen LogP contribution in [0, 0.1) is 0 Å². The zero-order valence-corrected chi connectivity index (χ0v) is 30.5. The van der Waals surface area contributed by atoms with Crippen molar-refractivity contribution in [3.8, 4) is 34.5 Å². The zero-order valence-electron chi connectivity index (χ0n) is 30.5. The summed E-state index contributed by atoms with van der Waals surface area (Å²) in [6.07, 6.45) is 0. The lowest BCUT2D eigenvalue weighted by atomic mass is 10.1. The molecule has 0 aliphatic heterocycles. The summed E-state index contributed by atoms with van der Waals surface area (Å²) < 4.78 is 45.3. The van der Waals surface area contributed by atoms with Crippen LogP contribution in [0.1, 0.15) is 54.1 Å². The van der Waals surface area contributed by atoms with Crippen LogP contribution in [0.3, 0.4) is 0 Å². The molecule has 0 aliphatic carbocycles. The summed E-state index contributed by atoms with van der Waals surface area (Å²) in [6, 6.07) is 27.2. The minimum absolute atomic E-state index is 0.0305. The van der Waals surface area contributed by atoms with Crippen LogP contribution < -0.4 is 9.47 Å². The van der Waals surface area contributed by atoms with Gasteiger partial charge in [-0.15, -0.1) is 0 Å². The SMILES string of the molecule is COCc1cc(Oc2cc(C(=O)OCc3ccccc3)c(Oc3cc(COC)c(O)c(COC)c3)cc2C(=O)OCc2ccccc2)cc(COC)c1O. The minimum atomic E-state index is -0.776. The quantitative estimate of drug-likeness (QED) is 0.0840. The molecule has 0 bridgehead atoms. The van der Waals surface area contributed by atoms with Crippen LogP contribution in [0.15, 0.2) is 97.1 Å². The Hall–Kier alpha value is -5.92. The molecule has 12 nitrogen and oxygen atoms in total. The van der Waals surface area contributed by atoms with Gasteiger partial charge in [-0.1, -0.05) is 60.7 Å². The van der Waals surface area contributed by atoms with E-state index in [1.807, 2.05) is 60.7 Å². The molecule has 0 saturated heterocycles. The number of benzene rings is 5. The molecule has 5 aromatic carbocycles. The lowest BCUT2D eigenvalue weighted by Gasteiger charge is -2.19. The van der Waals surface area contributed by atoms with Gasteiger partial charge in [-0.3, -0.25) is 0 Å². The van der Waals surface area contributed by atoms with Gasteiger partial charge in [-0.25, -0.2) is 9.59 Å². The van der Waals surface area contributed by atoms with E-state index in [0.29, 0.717) is 22.3 Å². The summed E-state index contributed by atoms with van der Waals surface area (Å²) in [6.45, 7) is 0.112. The molecule has 0 heterocycles. The second-order valence-corrected chi connectivity index (χ2v) is 12.1. The van der Waals surface area contributed by atoms with Gasteiger partial charge in [-0.2, -0.15) is 0 Å². The average molecular weight is 739 g/mol. The molecule has 0 unspecified atom stereocenters. The Kier molecular flexibility index (Phi) is 14.0. The van der Waals surface area contributed by atoms with Crippen molar-refractivity contribution >= 4 is 11.9 Å². The average Bonchev–Trinajstić information content (AvgIpc) is 3.18. The third-order valence-electron chi connectivity index (χ3n) is 8.08. The van der Waals surface area contributed by atoms with Gasteiger partial charge in [0.25, 0.3) is 0 Å². The number of esters is 2. The van der Waals surface area contributed by atoms with Crippen LogP contribution in [0.4, 0.5) is 0 Å². The fourth-order valence-corrected chi connectivity index (χ4v) is 5.54. The minimum Gasteiger partial charge on any atom is -0.507 e. The fourth-order valence-electron chi connectivity index (χ4n) is 5.54. The molecule has 282 valence electrons. The van der Waals surface area contributed by atoms with E-state index < -0.39 is 11.9 Å². The molecule has 5 rings (SSSR count). The van der Waals surface area contributed by atoms with Crippen LogP contribution in [-0.2, 0) is 68.1 Å². The first-order chi connectivity index (χ1) is 26.2. The van der Waals surface area contributed by atoms with Crippen molar-refractivity contribution in [3.63, 3.8) is 0 Å². The van der Waals surface area contributed by atoms with Crippen molar-refractivity contribution in [2.75, 3.05) is 28.4 Å². The largest absolute Gasteiger partial charge is 0.507 e. The maximum atomic E-state index is 13.9. The van der Waals surface area contributed by atoms with Gasteiger partial charge in [0, 0.05) is 50.7 Å². The molecule has 54 heavy (non-hydrogen) atoms. The van der Waals surface area contributed by atoms with E-state index >= 15 is 0 Å².